The molecule has 0 radical (unpaired) electrons. The van der Waals surface area contributed by atoms with Crippen LogP contribution in [0.15, 0.2) is 17.1 Å². The van der Waals surface area contributed by atoms with Crippen molar-refractivity contribution in [1.29, 1.82) is 0 Å². The number of carbonyl (C=O) groups excluding carboxylic acids is 3. The third kappa shape index (κ3) is 9.11. The third-order valence-electron chi connectivity index (χ3n) is 5.66. The Balaban J connectivity index is 2.04. The number of alkyl halides is 2. The molecule has 1 aliphatic rings. The molecule has 2 amide bonds. The summed E-state index contributed by atoms with van der Waals surface area (Å²) in [4.78, 5) is 52.5. The first kappa shape index (κ1) is 32.9. The molecule has 2 heterocycles. The Morgan fingerprint density at radius 1 is 1.20 bits per heavy atom. The SMILES string of the molecule is CCCCCOC(=O)Nc1ccn([C@@H]2O[C@H](COC(=O)[C@H](NC(=O)OC(C)(C)C)C(C)C)[C@@H](O)C2(F)F)c(=O)n1. The number of alkyl carbamates (subject to hydrolysis) is 1. The van der Waals surface area contributed by atoms with Crippen LogP contribution in [0.2, 0.25) is 0 Å². The van der Waals surface area contributed by atoms with Gasteiger partial charge in [0, 0.05) is 6.20 Å². The van der Waals surface area contributed by atoms with Gasteiger partial charge in [0.15, 0.2) is 6.10 Å². The van der Waals surface area contributed by atoms with Crippen molar-refractivity contribution >= 4 is 24.0 Å². The zero-order valence-electron chi connectivity index (χ0n) is 23.4. The zero-order chi connectivity index (χ0) is 30.3. The van der Waals surface area contributed by atoms with E-state index in [1.165, 1.54) is 0 Å². The lowest BCUT2D eigenvalue weighted by atomic mass is 10.0. The Bertz CT molecular complexity index is 1090. The number of amides is 2. The molecule has 0 spiro atoms. The molecular formula is C25H38F2N4O9. The lowest BCUT2D eigenvalue weighted by Crippen LogP contribution is -2.48. The predicted octanol–water partition coefficient (Wildman–Crippen LogP) is 2.97. The van der Waals surface area contributed by atoms with Crippen LogP contribution in [0.5, 0.6) is 0 Å². The van der Waals surface area contributed by atoms with E-state index in [0.717, 1.165) is 25.1 Å². The van der Waals surface area contributed by atoms with E-state index < -0.39 is 72.4 Å². The molecule has 40 heavy (non-hydrogen) atoms. The molecule has 3 N–H and O–H groups in total. The molecule has 2 rings (SSSR count). The first-order valence-electron chi connectivity index (χ1n) is 13.0. The summed E-state index contributed by atoms with van der Waals surface area (Å²) in [6.07, 6.45) is -4.79. The standard InChI is InChI=1S/C25H38F2N4O9/c1-7-8-9-12-37-22(35)29-16-10-11-31(21(34)28-16)20-25(26,27)18(32)15(39-20)13-38-19(33)17(14(2)3)30-23(36)40-24(4,5)6/h10-11,14-15,17-18,20,32H,7-9,12-13H2,1-6H3,(H,30,36)(H,28,29,34,35)/t15-,17-,18-,20-/m1/s1. The molecule has 0 unspecified atom stereocenters. The van der Waals surface area contributed by atoms with Crippen LogP contribution in [0.25, 0.3) is 0 Å². The highest BCUT2D eigenvalue weighted by Crippen LogP contribution is 2.42. The van der Waals surface area contributed by atoms with E-state index in [4.69, 9.17) is 18.9 Å². The number of aromatic nitrogens is 2. The Hall–Kier alpha value is -3.33. The molecule has 1 aliphatic heterocycles. The van der Waals surface area contributed by atoms with E-state index in [9.17, 15) is 33.1 Å². The normalized spacial score (nSPS) is 21.0. The van der Waals surface area contributed by atoms with Crippen LogP contribution in [-0.2, 0) is 23.7 Å². The summed E-state index contributed by atoms with van der Waals surface area (Å²) in [5.41, 5.74) is -2.02. The summed E-state index contributed by atoms with van der Waals surface area (Å²) in [5.74, 6) is -5.61. The maximum absolute atomic E-state index is 14.9. The van der Waals surface area contributed by atoms with E-state index in [0.29, 0.717) is 11.0 Å². The van der Waals surface area contributed by atoms with E-state index in [2.05, 4.69) is 15.6 Å². The molecule has 1 fully saturated rings. The minimum Gasteiger partial charge on any atom is -0.461 e. The van der Waals surface area contributed by atoms with Gasteiger partial charge in [-0.05, 0) is 39.2 Å². The molecule has 1 aromatic heterocycles. The maximum Gasteiger partial charge on any atom is 0.412 e. The smallest absolute Gasteiger partial charge is 0.412 e. The average Bonchev–Trinajstić information content (AvgIpc) is 3.06. The largest absolute Gasteiger partial charge is 0.461 e. The van der Waals surface area contributed by atoms with Crippen LogP contribution in [-0.4, -0.2) is 75.8 Å². The number of esters is 1. The summed E-state index contributed by atoms with van der Waals surface area (Å²) >= 11 is 0. The van der Waals surface area contributed by atoms with Crippen LogP contribution in [0.4, 0.5) is 24.2 Å². The molecule has 1 aromatic rings. The molecule has 226 valence electrons. The highest BCUT2D eigenvalue weighted by atomic mass is 19.3. The number of carbonyl (C=O) groups is 3. The van der Waals surface area contributed by atoms with Gasteiger partial charge in [-0.2, -0.15) is 13.8 Å². The van der Waals surface area contributed by atoms with E-state index in [-0.39, 0.29) is 12.4 Å². The van der Waals surface area contributed by atoms with Crippen LogP contribution in [0, 0.1) is 5.92 Å². The van der Waals surface area contributed by atoms with Crippen LogP contribution in [0.3, 0.4) is 0 Å². The third-order valence-corrected chi connectivity index (χ3v) is 5.66. The van der Waals surface area contributed by atoms with Crippen molar-refractivity contribution in [3.8, 4) is 0 Å². The van der Waals surface area contributed by atoms with Gasteiger partial charge in [0.1, 0.15) is 30.2 Å². The molecule has 4 atom stereocenters. The maximum atomic E-state index is 14.9. The van der Waals surface area contributed by atoms with Gasteiger partial charge in [-0.3, -0.25) is 9.88 Å². The number of nitrogens with one attached hydrogen (secondary N) is 2. The van der Waals surface area contributed by atoms with E-state index >= 15 is 0 Å². The lowest BCUT2D eigenvalue weighted by molar-refractivity contribution is -0.154. The average molecular weight is 577 g/mol. The van der Waals surface area contributed by atoms with Gasteiger partial charge in [0.2, 0.25) is 6.23 Å². The minimum atomic E-state index is -3.97. The number of anilines is 1. The quantitative estimate of drug-likeness (QED) is 0.202. The van der Waals surface area contributed by atoms with E-state index in [1.54, 1.807) is 34.6 Å². The highest BCUT2D eigenvalue weighted by Gasteiger charge is 2.60. The van der Waals surface area contributed by atoms with Gasteiger partial charge in [-0.25, -0.2) is 19.2 Å². The topological polar surface area (TPSA) is 167 Å². The monoisotopic (exact) mass is 576 g/mol. The fourth-order valence-corrected chi connectivity index (χ4v) is 3.61. The number of nitrogens with zero attached hydrogens (tertiary/aromatic N) is 2. The van der Waals surface area contributed by atoms with Crippen LogP contribution < -0.4 is 16.3 Å². The van der Waals surface area contributed by atoms with Crippen molar-refractivity contribution in [2.75, 3.05) is 18.5 Å². The predicted molar refractivity (Wildman–Crippen MR) is 137 cm³/mol. The van der Waals surface area contributed by atoms with Crippen LogP contribution >= 0.6 is 0 Å². The molecule has 1 saturated heterocycles. The fraction of sp³-hybridized carbons (Fsp3) is 0.720. The molecule has 13 nitrogen and oxygen atoms in total. The van der Waals surface area contributed by atoms with Gasteiger partial charge in [0.05, 0.1) is 6.61 Å². The first-order chi connectivity index (χ1) is 18.6. The second-order valence-corrected chi connectivity index (χ2v) is 10.6. The van der Waals surface area contributed by atoms with Gasteiger partial charge in [-0.15, -0.1) is 0 Å². The van der Waals surface area contributed by atoms with E-state index in [1.807, 2.05) is 6.92 Å². The molecule has 0 aromatic carbocycles. The lowest BCUT2D eigenvalue weighted by Gasteiger charge is -2.25. The minimum absolute atomic E-state index is 0.164. The molecule has 0 bridgehead atoms. The van der Waals surface area contributed by atoms with Gasteiger partial charge in [-0.1, -0.05) is 33.6 Å². The Morgan fingerprint density at radius 2 is 1.88 bits per heavy atom. The first-order valence-corrected chi connectivity index (χ1v) is 13.0. The molecule has 0 saturated carbocycles. The number of aliphatic hydroxyl groups excluding tert-OH is 1. The second kappa shape index (κ2) is 13.8. The van der Waals surface area contributed by atoms with Gasteiger partial charge in [0.25, 0.3) is 0 Å². The summed E-state index contributed by atoms with van der Waals surface area (Å²) in [6, 6.07) is -0.0846. The summed E-state index contributed by atoms with van der Waals surface area (Å²) in [5, 5.41) is 14.8. The number of ether oxygens (including phenoxy) is 4. The van der Waals surface area contributed by atoms with Crippen molar-refractivity contribution in [3.63, 3.8) is 0 Å². The Morgan fingerprint density at radius 3 is 2.45 bits per heavy atom. The zero-order valence-corrected chi connectivity index (χ0v) is 23.4. The summed E-state index contributed by atoms with van der Waals surface area (Å²) in [7, 11) is 0. The number of halogens is 2. The second-order valence-electron chi connectivity index (χ2n) is 10.6. The molecule has 0 aliphatic carbocycles. The summed E-state index contributed by atoms with van der Waals surface area (Å²) in [6.45, 7) is 9.52. The van der Waals surface area contributed by atoms with Crippen molar-refractivity contribution in [2.24, 2.45) is 5.92 Å². The fourth-order valence-electron chi connectivity index (χ4n) is 3.61. The number of unbranched alkanes of at least 4 members (excludes halogenated alkanes) is 2. The number of rotatable bonds is 11. The Labute approximate surface area is 230 Å². The highest BCUT2D eigenvalue weighted by molar-refractivity contribution is 5.83. The van der Waals surface area contributed by atoms with Crippen LogP contribution in [0.1, 0.15) is 67.0 Å². The summed E-state index contributed by atoms with van der Waals surface area (Å²) < 4.78 is 50.6. The number of hydrogen-bond acceptors (Lipinski definition) is 10. The number of hydrogen-bond donors (Lipinski definition) is 3. The van der Waals surface area contributed by atoms with Crippen molar-refractivity contribution in [2.45, 2.75) is 96.8 Å². The molecule has 15 heteroatoms. The van der Waals surface area contributed by atoms with Gasteiger partial charge < -0.3 is 29.4 Å². The van der Waals surface area contributed by atoms with Crippen molar-refractivity contribution in [1.82, 2.24) is 14.9 Å². The Kier molecular flexibility index (Phi) is 11.4. The van der Waals surface area contributed by atoms with Gasteiger partial charge >= 0.3 is 29.8 Å². The van der Waals surface area contributed by atoms with Crippen molar-refractivity contribution in [3.05, 3.63) is 22.7 Å². The molecular weight excluding hydrogens is 538 g/mol. The number of aliphatic hydroxyl groups is 1. The van der Waals surface area contributed by atoms with Crippen molar-refractivity contribution < 1.29 is 47.2 Å².